The summed E-state index contributed by atoms with van der Waals surface area (Å²) in [5, 5.41) is 0.981. The summed E-state index contributed by atoms with van der Waals surface area (Å²) in [5.74, 6) is 0.507. The summed E-state index contributed by atoms with van der Waals surface area (Å²) in [7, 11) is 2.17. The fourth-order valence-corrected chi connectivity index (χ4v) is 2.97. The van der Waals surface area contributed by atoms with Gasteiger partial charge in [-0.25, -0.2) is 0 Å². The molecule has 0 heterocycles. The molecule has 20 heavy (non-hydrogen) atoms. The lowest BCUT2D eigenvalue weighted by Gasteiger charge is -2.25. The topological polar surface area (TPSA) is 3.24 Å². The third-order valence-electron chi connectivity index (χ3n) is 3.74. The minimum absolute atomic E-state index is 0.507. The van der Waals surface area contributed by atoms with Crippen LogP contribution in [0.4, 0.5) is 5.69 Å². The number of anilines is 1. The first-order valence-corrected chi connectivity index (χ1v) is 8.27. The van der Waals surface area contributed by atoms with Crippen molar-refractivity contribution in [2.24, 2.45) is 0 Å². The van der Waals surface area contributed by atoms with Crippen molar-refractivity contribution in [3.8, 4) is 0 Å². The number of hydrogen-bond acceptors (Lipinski definition) is 1. The summed E-state index contributed by atoms with van der Waals surface area (Å²) < 4.78 is 0. The van der Waals surface area contributed by atoms with Crippen LogP contribution in [0.25, 0.3) is 0 Å². The highest BCUT2D eigenvalue weighted by molar-refractivity contribution is 9.09. The second-order valence-electron chi connectivity index (χ2n) is 5.16. The van der Waals surface area contributed by atoms with Gasteiger partial charge in [-0.2, -0.15) is 0 Å². The Morgan fingerprint density at radius 1 is 1.00 bits per heavy atom. The molecule has 0 bridgehead atoms. The lowest BCUT2D eigenvalue weighted by Crippen LogP contribution is -2.25. The fourth-order valence-electron chi connectivity index (χ4n) is 2.39. The van der Waals surface area contributed by atoms with Gasteiger partial charge in [-0.3, -0.25) is 0 Å². The molecule has 0 aliphatic heterocycles. The van der Waals surface area contributed by atoms with Gasteiger partial charge >= 0.3 is 0 Å². The van der Waals surface area contributed by atoms with Gasteiger partial charge in [0.05, 0.1) is 0 Å². The van der Waals surface area contributed by atoms with E-state index in [9.17, 15) is 0 Å². The van der Waals surface area contributed by atoms with Crippen LogP contribution in [-0.2, 0) is 6.42 Å². The van der Waals surface area contributed by atoms with E-state index in [-0.39, 0.29) is 0 Å². The molecule has 106 valence electrons. The first kappa shape index (κ1) is 15.1. The molecule has 0 spiro atoms. The van der Waals surface area contributed by atoms with E-state index >= 15 is 0 Å². The van der Waals surface area contributed by atoms with Crippen LogP contribution in [0, 0.1) is 0 Å². The van der Waals surface area contributed by atoms with Gasteiger partial charge in [0.1, 0.15) is 0 Å². The normalized spacial score (nSPS) is 12.2. The molecule has 0 radical (unpaired) electrons. The molecule has 0 aliphatic carbocycles. The van der Waals surface area contributed by atoms with Crippen LogP contribution in [0.1, 0.15) is 24.0 Å². The fraction of sp³-hybridized carbons (Fsp3) is 0.333. The Morgan fingerprint density at radius 2 is 1.65 bits per heavy atom. The van der Waals surface area contributed by atoms with Crippen LogP contribution in [0.5, 0.6) is 0 Å². The molecule has 0 aliphatic rings. The maximum absolute atomic E-state index is 3.65. The average molecular weight is 332 g/mol. The Bertz CT molecular complexity index is 507. The standard InChI is InChI=1S/C18H22BrN/c1-3-15-9-11-18(12-10-15)20(2)14-17(13-19)16-7-5-4-6-8-16/h4-12,17H,3,13-14H2,1-2H3. The van der Waals surface area contributed by atoms with Crippen LogP contribution in [-0.4, -0.2) is 18.9 Å². The van der Waals surface area contributed by atoms with E-state index in [1.54, 1.807) is 0 Å². The van der Waals surface area contributed by atoms with Crippen molar-refractivity contribution in [3.05, 3.63) is 65.7 Å². The molecule has 2 aromatic carbocycles. The molecule has 1 nitrogen and oxygen atoms in total. The van der Waals surface area contributed by atoms with Crippen LogP contribution in [0.3, 0.4) is 0 Å². The summed E-state index contributed by atoms with van der Waals surface area (Å²) >= 11 is 3.65. The monoisotopic (exact) mass is 331 g/mol. The molecule has 0 saturated heterocycles. The Morgan fingerprint density at radius 3 is 2.20 bits per heavy atom. The highest BCUT2D eigenvalue weighted by Gasteiger charge is 2.13. The van der Waals surface area contributed by atoms with Crippen LogP contribution >= 0.6 is 15.9 Å². The number of hydrogen-bond donors (Lipinski definition) is 0. The van der Waals surface area contributed by atoms with Crippen molar-refractivity contribution >= 4 is 21.6 Å². The lowest BCUT2D eigenvalue weighted by molar-refractivity contribution is 0.747. The predicted octanol–water partition coefficient (Wildman–Crippen LogP) is 4.86. The third-order valence-corrected chi connectivity index (χ3v) is 4.52. The molecule has 0 N–H and O–H groups in total. The highest BCUT2D eigenvalue weighted by atomic mass is 79.9. The van der Waals surface area contributed by atoms with Crippen LogP contribution < -0.4 is 4.90 Å². The van der Waals surface area contributed by atoms with E-state index in [0.717, 1.165) is 18.3 Å². The van der Waals surface area contributed by atoms with Crippen molar-refractivity contribution in [2.45, 2.75) is 19.3 Å². The molecule has 0 saturated carbocycles. The number of likely N-dealkylation sites (N-methyl/N-ethyl adjacent to an activating group) is 1. The lowest BCUT2D eigenvalue weighted by atomic mass is 10.0. The van der Waals surface area contributed by atoms with E-state index in [2.05, 4.69) is 89.4 Å². The summed E-state index contributed by atoms with van der Waals surface area (Å²) in [6, 6.07) is 19.6. The molecule has 0 aromatic heterocycles. The van der Waals surface area contributed by atoms with Gasteiger partial charge in [-0.15, -0.1) is 0 Å². The number of nitrogens with zero attached hydrogens (tertiary/aromatic N) is 1. The first-order chi connectivity index (χ1) is 9.74. The number of halogens is 1. The second kappa shape index (κ2) is 7.49. The molecular weight excluding hydrogens is 310 g/mol. The Balaban J connectivity index is 2.06. The van der Waals surface area contributed by atoms with Gasteiger partial charge in [-0.1, -0.05) is 65.3 Å². The Labute approximate surface area is 130 Å². The van der Waals surface area contributed by atoms with Crippen molar-refractivity contribution in [1.82, 2.24) is 0 Å². The minimum atomic E-state index is 0.507. The molecule has 0 fully saturated rings. The van der Waals surface area contributed by atoms with Gasteiger partial charge in [0.25, 0.3) is 0 Å². The first-order valence-electron chi connectivity index (χ1n) is 7.15. The zero-order valence-corrected chi connectivity index (χ0v) is 13.8. The number of aryl methyl sites for hydroxylation is 1. The van der Waals surface area contributed by atoms with Crippen LogP contribution in [0.15, 0.2) is 54.6 Å². The zero-order valence-electron chi connectivity index (χ0n) is 12.2. The average Bonchev–Trinajstić information content (AvgIpc) is 2.53. The molecule has 2 rings (SSSR count). The van der Waals surface area contributed by atoms with E-state index in [4.69, 9.17) is 0 Å². The van der Waals surface area contributed by atoms with Gasteiger partial charge in [0.15, 0.2) is 0 Å². The smallest absolute Gasteiger partial charge is 0.0363 e. The number of rotatable bonds is 6. The Kier molecular flexibility index (Phi) is 5.66. The molecular formula is C18H22BrN. The van der Waals surface area contributed by atoms with Gasteiger partial charge in [-0.05, 0) is 29.7 Å². The summed E-state index contributed by atoms with van der Waals surface area (Å²) in [6.07, 6.45) is 1.10. The van der Waals surface area contributed by atoms with E-state index in [1.807, 2.05) is 0 Å². The molecule has 1 unspecified atom stereocenters. The molecule has 2 aromatic rings. The van der Waals surface area contributed by atoms with E-state index in [1.165, 1.54) is 16.8 Å². The van der Waals surface area contributed by atoms with Gasteiger partial charge in [0.2, 0.25) is 0 Å². The van der Waals surface area contributed by atoms with Gasteiger partial charge in [0, 0.05) is 30.5 Å². The number of benzene rings is 2. The summed E-state index contributed by atoms with van der Waals surface area (Å²) in [5.41, 5.74) is 4.06. The maximum atomic E-state index is 3.65. The number of alkyl halides is 1. The minimum Gasteiger partial charge on any atom is -0.374 e. The quantitative estimate of drug-likeness (QED) is 0.683. The summed E-state index contributed by atoms with van der Waals surface area (Å²) in [6.45, 7) is 3.20. The van der Waals surface area contributed by atoms with E-state index in [0.29, 0.717) is 5.92 Å². The maximum Gasteiger partial charge on any atom is 0.0363 e. The highest BCUT2D eigenvalue weighted by Crippen LogP contribution is 2.22. The largest absolute Gasteiger partial charge is 0.374 e. The Hall–Kier alpha value is -1.28. The second-order valence-corrected chi connectivity index (χ2v) is 5.81. The van der Waals surface area contributed by atoms with Gasteiger partial charge < -0.3 is 4.90 Å². The molecule has 2 heteroatoms. The molecule has 1 atom stereocenters. The van der Waals surface area contributed by atoms with Crippen molar-refractivity contribution in [1.29, 1.82) is 0 Å². The van der Waals surface area contributed by atoms with Crippen LogP contribution in [0.2, 0.25) is 0 Å². The SMILES string of the molecule is CCc1ccc(N(C)CC(CBr)c2ccccc2)cc1. The predicted molar refractivity (Wildman–Crippen MR) is 92.1 cm³/mol. The zero-order chi connectivity index (χ0) is 14.4. The van der Waals surface area contributed by atoms with E-state index < -0.39 is 0 Å². The van der Waals surface area contributed by atoms with Crippen molar-refractivity contribution < 1.29 is 0 Å². The molecule has 0 amide bonds. The van der Waals surface area contributed by atoms with Crippen molar-refractivity contribution in [3.63, 3.8) is 0 Å². The van der Waals surface area contributed by atoms with Crippen molar-refractivity contribution in [2.75, 3.05) is 23.8 Å². The summed E-state index contributed by atoms with van der Waals surface area (Å²) in [4.78, 5) is 2.33. The third kappa shape index (κ3) is 3.86.